The molecule has 2 aromatic rings. The Morgan fingerprint density at radius 1 is 1.61 bits per heavy atom. The number of hydrogen-bond acceptors (Lipinski definition) is 5. The van der Waals surface area contributed by atoms with Crippen molar-refractivity contribution in [2.45, 2.75) is 19.5 Å². The molecule has 4 nitrogen and oxygen atoms in total. The summed E-state index contributed by atoms with van der Waals surface area (Å²) in [6, 6.07) is 6.70. The Bertz CT molecular complexity index is 494. The Hall–Kier alpha value is -1.17. The number of thiophene rings is 1. The number of nitrogens with one attached hydrogen (secondary N) is 1. The molecule has 3 rings (SSSR count). The summed E-state index contributed by atoms with van der Waals surface area (Å²) in [6.07, 6.45) is 0. The lowest BCUT2D eigenvalue weighted by molar-refractivity contribution is 0.195. The van der Waals surface area contributed by atoms with E-state index in [0.29, 0.717) is 6.04 Å². The molecule has 1 aliphatic heterocycles. The molecule has 1 N–H and O–H groups in total. The highest BCUT2D eigenvalue weighted by Gasteiger charge is 2.17. The van der Waals surface area contributed by atoms with Crippen molar-refractivity contribution in [1.29, 1.82) is 0 Å². The van der Waals surface area contributed by atoms with Crippen LogP contribution in [0, 0.1) is 0 Å². The predicted octanol–water partition coefficient (Wildman–Crippen LogP) is 2.20. The standard InChI is InChI=1S/C13H17N3OS/c1-10-8-16(5-4-14-10)9-11-7-12(17-15-11)13-3-2-6-18-13/h2-3,6-7,10,14H,4-5,8-9H2,1H3/t10-/m0/s1. The van der Waals surface area contributed by atoms with Crippen molar-refractivity contribution in [3.05, 3.63) is 29.3 Å². The van der Waals surface area contributed by atoms with E-state index < -0.39 is 0 Å². The molecule has 0 saturated carbocycles. The fourth-order valence-corrected chi connectivity index (χ4v) is 2.98. The molecule has 0 amide bonds. The SMILES string of the molecule is C[C@H]1CN(Cc2cc(-c3cccs3)on2)CCN1. The van der Waals surface area contributed by atoms with Gasteiger partial charge >= 0.3 is 0 Å². The third-order valence-corrected chi connectivity index (χ3v) is 4.05. The number of piperazine rings is 1. The zero-order valence-electron chi connectivity index (χ0n) is 10.4. The van der Waals surface area contributed by atoms with Crippen LogP contribution in [0.5, 0.6) is 0 Å². The molecule has 1 aliphatic rings. The number of nitrogens with zero attached hydrogens (tertiary/aromatic N) is 2. The zero-order valence-corrected chi connectivity index (χ0v) is 11.2. The molecule has 0 aromatic carbocycles. The van der Waals surface area contributed by atoms with Gasteiger partial charge in [-0.15, -0.1) is 11.3 Å². The van der Waals surface area contributed by atoms with Crippen LogP contribution in [0.25, 0.3) is 10.6 Å². The van der Waals surface area contributed by atoms with Crippen molar-refractivity contribution in [3.63, 3.8) is 0 Å². The molecule has 96 valence electrons. The molecule has 0 aliphatic carbocycles. The highest BCUT2D eigenvalue weighted by Crippen LogP contribution is 2.25. The smallest absolute Gasteiger partial charge is 0.177 e. The molecule has 18 heavy (non-hydrogen) atoms. The van der Waals surface area contributed by atoms with Crippen molar-refractivity contribution >= 4 is 11.3 Å². The van der Waals surface area contributed by atoms with E-state index >= 15 is 0 Å². The first-order chi connectivity index (χ1) is 8.81. The van der Waals surface area contributed by atoms with E-state index in [0.717, 1.165) is 42.5 Å². The minimum Gasteiger partial charge on any atom is -0.355 e. The van der Waals surface area contributed by atoms with Crippen molar-refractivity contribution in [1.82, 2.24) is 15.4 Å². The molecule has 0 radical (unpaired) electrons. The molecule has 5 heteroatoms. The van der Waals surface area contributed by atoms with Crippen LogP contribution in [0.2, 0.25) is 0 Å². The molecule has 1 fully saturated rings. The minimum atomic E-state index is 0.558. The van der Waals surface area contributed by atoms with Gasteiger partial charge in [-0.25, -0.2) is 0 Å². The predicted molar refractivity (Wildman–Crippen MR) is 72.6 cm³/mol. The summed E-state index contributed by atoms with van der Waals surface area (Å²) < 4.78 is 5.40. The minimum absolute atomic E-state index is 0.558. The first kappa shape index (κ1) is 11.9. The van der Waals surface area contributed by atoms with Gasteiger partial charge in [0.15, 0.2) is 5.76 Å². The van der Waals surface area contributed by atoms with Gasteiger partial charge in [0.2, 0.25) is 0 Å². The van der Waals surface area contributed by atoms with Gasteiger partial charge in [0, 0.05) is 38.3 Å². The van der Waals surface area contributed by atoms with E-state index in [2.05, 4.69) is 39.8 Å². The van der Waals surface area contributed by atoms with E-state index in [1.807, 2.05) is 6.07 Å². The molecular formula is C13H17N3OS. The lowest BCUT2D eigenvalue weighted by Crippen LogP contribution is -2.48. The Labute approximate surface area is 111 Å². The summed E-state index contributed by atoms with van der Waals surface area (Å²) in [4.78, 5) is 3.56. The maximum Gasteiger partial charge on any atom is 0.177 e. The normalized spacial score (nSPS) is 21.3. The van der Waals surface area contributed by atoms with Gasteiger partial charge in [0.1, 0.15) is 0 Å². The van der Waals surface area contributed by atoms with E-state index in [-0.39, 0.29) is 0 Å². The van der Waals surface area contributed by atoms with Crippen LogP contribution >= 0.6 is 11.3 Å². The van der Waals surface area contributed by atoms with Crippen LogP contribution in [-0.4, -0.2) is 35.7 Å². The molecule has 2 aromatic heterocycles. The van der Waals surface area contributed by atoms with Gasteiger partial charge in [-0.2, -0.15) is 0 Å². The molecule has 3 heterocycles. The summed E-state index contributed by atoms with van der Waals surface area (Å²) in [5.74, 6) is 0.878. The van der Waals surface area contributed by atoms with Gasteiger partial charge in [0.25, 0.3) is 0 Å². The quantitative estimate of drug-likeness (QED) is 0.921. The average Bonchev–Trinajstić information content (AvgIpc) is 2.98. The van der Waals surface area contributed by atoms with Crippen molar-refractivity contribution in [3.8, 4) is 10.6 Å². The number of rotatable bonds is 3. The summed E-state index contributed by atoms with van der Waals surface area (Å²) in [7, 11) is 0. The van der Waals surface area contributed by atoms with Crippen LogP contribution in [0.4, 0.5) is 0 Å². The van der Waals surface area contributed by atoms with Gasteiger partial charge in [-0.3, -0.25) is 4.90 Å². The maximum atomic E-state index is 5.40. The molecule has 0 bridgehead atoms. The van der Waals surface area contributed by atoms with Gasteiger partial charge in [0.05, 0.1) is 10.6 Å². The van der Waals surface area contributed by atoms with Crippen molar-refractivity contribution in [2.75, 3.05) is 19.6 Å². The summed E-state index contributed by atoms with van der Waals surface area (Å²) >= 11 is 1.68. The van der Waals surface area contributed by atoms with Crippen molar-refractivity contribution < 1.29 is 4.52 Å². The zero-order chi connectivity index (χ0) is 12.4. The molecule has 0 unspecified atom stereocenters. The topological polar surface area (TPSA) is 41.3 Å². The highest BCUT2D eigenvalue weighted by molar-refractivity contribution is 7.13. The Kier molecular flexibility index (Phi) is 3.45. The van der Waals surface area contributed by atoms with E-state index in [9.17, 15) is 0 Å². The van der Waals surface area contributed by atoms with E-state index in [1.54, 1.807) is 11.3 Å². The van der Waals surface area contributed by atoms with Gasteiger partial charge < -0.3 is 9.84 Å². The van der Waals surface area contributed by atoms with Gasteiger partial charge in [-0.1, -0.05) is 11.2 Å². The Balaban J connectivity index is 1.66. The highest BCUT2D eigenvalue weighted by atomic mass is 32.1. The van der Waals surface area contributed by atoms with Crippen LogP contribution in [0.15, 0.2) is 28.1 Å². The number of aromatic nitrogens is 1. The average molecular weight is 263 g/mol. The molecule has 0 spiro atoms. The third-order valence-electron chi connectivity index (χ3n) is 3.16. The van der Waals surface area contributed by atoms with Crippen LogP contribution < -0.4 is 5.32 Å². The first-order valence-corrected chi connectivity index (χ1v) is 7.14. The monoisotopic (exact) mass is 263 g/mol. The molecule has 1 saturated heterocycles. The second-order valence-corrected chi connectivity index (χ2v) is 5.70. The van der Waals surface area contributed by atoms with E-state index in [4.69, 9.17) is 4.52 Å². The van der Waals surface area contributed by atoms with Crippen molar-refractivity contribution in [2.24, 2.45) is 0 Å². The van der Waals surface area contributed by atoms with Crippen LogP contribution in [0.1, 0.15) is 12.6 Å². The summed E-state index contributed by atoms with van der Waals surface area (Å²) in [6.45, 7) is 6.29. The second kappa shape index (κ2) is 5.22. The Morgan fingerprint density at radius 3 is 3.33 bits per heavy atom. The molecule has 1 atom stereocenters. The Morgan fingerprint density at radius 2 is 2.56 bits per heavy atom. The van der Waals surface area contributed by atoms with Crippen LogP contribution in [-0.2, 0) is 6.54 Å². The lowest BCUT2D eigenvalue weighted by atomic mass is 10.2. The second-order valence-electron chi connectivity index (χ2n) is 4.75. The molecular weight excluding hydrogens is 246 g/mol. The largest absolute Gasteiger partial charge is 0.355 e. The van der Waals surface area contributed by atoms with E-state index in [1.165, 1.54) is 0 Å². The van der Waals surface area contributed by atoms with Crippen LogP contribution in [0.3, 0.4) is 0 Å². The third kappa shape index (κ3) is 2.63. The maximum absolute atomic E-state index is 5.40. The fraction of sp³-hybridized carbons (Fsp3) is 0.462. The summed E-state index contributed by atoms with van der Waals surface area (Å²) in [5.41, 5.74) is 1.02. The first-order valence-electron chi connectivity index (χ1n) is 6.26. The summed E-state index contributed by atoms with van der Waals surface area (Å²) in [5, 5.41) is 9.65. The van der Waals surface area contributed by atoms with Gasteiger partial charge in [-0.05, 0) is 18.4 Å². The fourth-order valence-electron chi connectivity index (χ4n) is 2.31. The number of hydrogen-bond donors (Lipinski definition) is 1. The lowest BCUT2D eigenvalue weighted by Gasteiger charge is -2.30.